The molecule has 1 aliphatic heterocycles. The summed E-state index contributed by atoms with van der Waals surface area (Å²) in [6.45, 7) is 5.86. The Morgan fingerprint density at radius 2 is 1.78 bits per heavy atom. The highest BCUT2D eigenvalue weighted by Crippen LogP contribution is 2.11. The standard InChI is InChI=1S/C13H17N3O2/c1-10-3-4-14-9-12(10)13(18)16-7-5-15(6-8-16)11(2)17/h3-4,9H,5-8H2,1-2H3. The summed E-state index contributed by atoms with van der Waals surface area (Å²) in [7, 11) is 0. The van der Waals surface area contributed by atoms with Crippen LogP contribution in [0.1, 0.15) is 22.8 Å². The molecule has 0 unspecified atom stereocenters. The normalized spacial score (nSPS) is 15.7. The van der Waals surface area contributed by atoms with E-state index in [1.165, 1.54) is 0 Å². The molecule has 0 spiro atoms. The zero-order valence-electron chi connectivity index (χ0n) is 10.7. The number of carbonyl (C=O) groups is 2. The molecule has 18 heavy (non-hydrogen) atoms. The molecule has 0 bridgehead atoms. The van der Waals surface area contributed by atoms with E-state index in [-0.39, 0.29) is 11.8 Å². The molecule has 1 saturated heterocycles. The van der Waals surface area contributed by atoms with Gasteiger partial charge >= 0.3 is 0 Å². The van der Waals surface area contributed by atoms with Crippen molar-refractivity contribution in [2.45, 2.75) is 13.8 Å². The zero-order chi connectivity index (χ0) is 13.1. The van der Waals surface area contributed by atoms with Gasteiger partial charge in [-0.2, -0.15) is 0 Å². The maximum Gasteiger partial charge on any atom is 0.255 e. The number of carbonyl (C=O) groups excluding carboxylic acids is 2. The van der Waals surface area contributed by atoms with Gasteiger partial charge in [0.1, 0.15) is 0 Å². The molecule has 0 N–H and O–H groups in total. The van der Waals surface area contributed by atoms with Crippen LogP contribution in [0, 0.1) is 6.92 Å². The maximum atomic E-state index is 12.3. The van der Waals surface area contributed by atoms with E-state index < -0.39 is 0 Å². The van der Waals surface area contributed by atoms with E-state index in [9.17, 15) is 9.59 Å². The van der Waals surface area contributed by atoms with Crippen LogP contribution in [0.4, 0.5) is 0 Å². The van der Waals surface area contributed by atoms with Gasteiger partial charge in [0.05, 0.1) is 5.56 Å². The third-order valence-corrected chi connectivity index (χ3v) is 3.28. The first-order valence-corrected chi connectivity index (χ1v) is 6.05. The summed E-state index contributed by atoms with van der Waals surface area (Å²) in [6.07, 6.45) is 3.29. The molecule has 0 radical (unpaired) electrons. The van der Waals surface area contributed by atoms with Crippen LogP contribution in [0.25, 0.3) is 0 Å². The van der Waals surface area contributed by atoms with Gasteiger partial charge in [-0.05, 0) is 18.6 Å². The van der Waals surface area contributed by atoms with Gasteiger partial charge in [-0.1, -0.05) is 0 Å². The lowest BCUT2D eigenvalue weighted by Crippen LogP contribution is -2.50. The molecule has 1 aliphatic rings. The molecule has 1 fully saturated rings. The topological polar surface area (TPSA) is 53.5 Å². The summed E-state index contributed by atoms with van der Waals surface area (Å²) < 4.78 is 0. The van der Waals surface area contributed by atoms with Crippen LogP contribution in [0.2, 0.25) is 0 Å². The van der Waals surface area contributed by atoms with Crippen molar-refractivity contribution in [1.29, 1.82) is 0 Å². The van der Waals surface area contributed by atoms with E-state index >= 15 is 0 Å². The third kappa shape index (κ3) is 2.50. The average molecular weight is 247 g/mol. The van der Waals surface area contributed by atoms with Crippen molar-refractivity contribution in [1.82, 2.24) is 14.8 Å². The first-order chi connectivity index (χ1) is 8.59. The van der Waals surface area contributed by atoms with Crippen LogP contribution in [0.5, 0.6) is 0 Å². The fourth-order valence-corrected chi connectivity index (χ4v) is 2.08. The number of pyridine rings is 1. The second-order valence-corrected chi connectivity index (χ2v) is 4.49. The number of amides is 2. The highest BCUT2D eigenvalue weighted by molar-refractivity contribution is 5.95. The minimum atomic E-state index is 0.00352. The van der Waals surface area contributed by atoms with Crippen LogP contribution in [0.3, 0.4) is 0 Å². The zero-order valence-corrected chi connectivity index (χ0v) is 10.7. The number of hydrogen-bond donors (Lipinski definition) is 0. The van der Waals surface area contributed by atoms with Crippen molar-refractivity contribution in [3.63, 3.8) is 0 Å². The van der Waals surface area contributed by atoms with Crippen molar-refractivity contribution in [3.05, 3.63) is 29.6 Å². The third-order valence-electron chi connectivity index (χ3n) is 3.28. The average Bonchev–Trinajstić information content (AvgIpc) is 2.38. The van der Waals surface area contributed by atoms with Gasteiger partial charge in [-0.15, -0.1) is 0 Å². The van der Waals surface area contributed by atoms with E-state index in [2.05, 4.69) is 4.98 Å². The summed E-state index contributed by atoms with van der Waals surface area (Å²) in [4.78, 5) is 31.0. The van der Waals surface area contributed by atoms with Gasteiger partial charge in [-0.25, -0.2) is 0 Å². The Morgan fingerprint density at radius 1 is 1.17 bits per heavy atom. The van der Waals surface area contributed by atoms with Gasteiger partial charge < -0.3 is 9.80 Å². The molecule has 2 heterocycles. The predicted molar refractivity (Wildman–Crippen MR) is 67.1 cm³/mol. The van der Waals surface area contributed by atoms with E-state index in [4.69, 9.17) is 0 Å². The van der Waals surface area contributed by atoms with Gasteiger partial charge in [0, 0.05) is 45.5 Å². The van der Waals surface area contributed by atoms with Gasteiger partial charge in [0.25, 0.3) is 5.91 Å². The lowest BCUT2D eigenvalue weighted by Gasteiger charge is -2.34. The lowest BCUT2D eigenvalue weighted by molar-refractivity contribution is -0.130. The minimum Gasteiger partial charge on any atom is -0.339 e. The lowest BCUT2D eigenvalue weighted by atomic mass is 10.1. The molecule has 0 saturated carbocycles. The fraction of sp³-hybridized carbons (Fsp3) is 0.462. The summed E-state index contributed by atoms with van der Waals surface area (Å²) in [6, 6.07) is 1.83. The summed E-state index contributed by atoms with van der Waals surface area (Å²) in [5.74, 6) is 0.0726. The fourth-order valence-electron chi connectivity index (χ4n) is 2.08. The number of nitrogens with zero attached hydrogens (tertiary/aromatic N) is 3. The van der Waals surface area contributed by atoms with Crippen molar-refractivity contribution >= 4 is 11.8 Å². The Kier molecular flexibility index (Phi) is 3.60. The molecule has 5 heteroatoms. The monoisotopic (exact) mass is 247 g/mol. The number of piperazine rings is 1. The van der Waals surface area contributed by atoms with Gasteiger partial charge in [0.2, 0.25) is 5.91 Å². The smallest absolute Gasteiger partial charge is 0.255 e. The Bertz CT molecular complexity index is 465. The predicted octanol–water partition coefficient (Wildman–Crippen LogP) is 0.694. The van der Waals surface area contributed by atoms with E-state index in [0.717, 1.165) is 5.56 Å². The molecule has 96 valence electrons. The molecule has 2 amide bonds. The molecular formula is C13H17N3O2. The van der Waals surface area contributed by atoms with E-state index in [0.29, 0.717) is 31.7 Å². The van der Waals surface area contributed by atoms with Crippen molar-refractivity contribution in [2.24, 2.45) is 0 Å². The molecule has 0 aromatic carbocycles. The minimum absolute atomic E-state index is 0.00352. The molecule has 0 aliphatic carbocycles. The molecular weight excluding hydrogens is 230 g/mol. The number of hydrogen-bond acceptors (Lipinski definition) is 3. The Balaban J connectivity index is 2.04. The number of aromatic nitrogens is 1. The maximum absolute atomic E-state index is 12.3. The summed E-state index contributed by atoms with van der Waals surface area (Å²) in [5.41, 5.74) is 1.58. The van der Waals surface area contributed by atoms with Crippen LogP contribution in [-0.2, 0) is 4.79 Å². The molecule has 5 nitrogen and oxygen atoms in total. The second kappa shape index (κ2) is 5.16. The summed E-state index contributed by atoms with van der Waals surface area (Å²) in [5, 5.41) is 0. The molecule has 0 atom stereocenters. The Labute approximate surface area is 106 Å². The van der Waals surface area contributed by atoms with Crippen LogP contribution < -0.4 is 0 Å². The number of aryl methyl sites for hydroxylation is 1. The van der Waals surface area contributed by atoms with Crippen molar-refractivity contribution < 1.29 is 9.59 Å². The van der Waals surface area contributed by atoms with Crippen LogP contribution in [-0.4, -0.2) is 52.8 Å². The van der Waals surface area contributed by atoms with Gasteiger partial charge in [-0.3, -0.25) is 14.6 Å². The Morgan fingerprint density at radius 3 is 2.33 bits per heavy atom. The first kappa shape index (κ1) is 12.5. The second-order valence-electron chi connectivity index (χ2n) is 4.49. The quantitative estimate of drug-likeness (QED) is 0.734. The Hall–Kier alpha value is -1.91. The van der Waals surface area contributed by atoms with Crippen molar-refractivity contribution in [2.75, 3.05) is 26.2 Å². The van der Waals surface area contributed by atoms with E-state index in [1.54, 1.807) is 29.1 Å². The largest absolute Gasteiger partial charge is 0.339 e. The van der Waals surface area contributed by atoms with Crippen molar-refractivity contribution in [3.8, 4) is 0 Å². The highest BCUT2D eigenvalue weighted by atomic mass is 16.2. The first-order valence-electron chi connectivity index (χ1n) is 6.05. The molecule has 2 rings (SSSR count). The van der Waals surface area contributed by atoms with Crippen LogP contribution in [0.15, 0.2) is 18.5 Å². The molecule has 1 aromatic heterocycles. The van der Waals surface area contributed by atoms with Gasteiger partial charge in [0.15, 0.2) is 0 Å². The van der Waals surface area contributed by atoms with E-state index in [1.807, 2.05) is 13.0 Å². The SMILES string of the molecule is CC(=O)N1CCN(C(=O)c2cnccc2C)CC1. The number of rotatable bonds is 1. The molecule has 1 aromatic rings. The summed E-state index contributed by atoms with van der Waals surface area (Å²) >= 11 is 0. The van der Waals surface area contributed by atoms with Crippen LogP contribution >= 0.6 is 0 Å². The highest BCUT2D eigenvalue weighted by Gasteiger charge is 2.23.